The van der Waals surface area contributed by atoms with Gasteiger partial charge in [-0.1, -0.05) is 0 Å². The predicted octanol–water partition coefficient (Wildman–Crippen LogP) is 1.76. The Morgan fingerprint density at radius 2 is 2.00 bits per heavy atom. The summed E-state index contributed by atoms with van der Waals surface area (Å²) in [7, 11) is 0. The van der Waals surface area contributed by atoms with Crippen LogP contribution in [0.3, 0.4) is 0 Å². The minimum atomic E-state index is -0.900. The number of nitrogens with one attached hydrogen (secondary N) is 1. The molecule has 2 rings (SSSR count). The minimum absolute atomic E-state index is 0.197. The van der Waals surface area contributed by atoms with E-state index >= 15 is 0 Å². The summed E-state index contributed by atoms with van der Waals surface area (Å²) < 4.78 is 26.6. The topological polar surface area (TPSA) is 58.4 Å². The average molecular weight is 283 g/mol. The van der Waals surface area contributed by atoms with Crippen molar-refractivity contribution in [2.75, 3.05) is 25.4 Å². The van der Waals surface area contributed by atoms with Gasteiger partial charge in [0, 0.05) is 18.7 Å². The lowest BCUT2D eigenvalue weighted by Crippen LogP contribution is -2.40. The van der Waals surface area contributed by atoms with Crippen LogP contribution < -0.4 is 11.1 Å². The summed E-state index contributed by atoms with van der Waals surface area (Å²) in [6.07, 6.45) is 2.34. The SMILES string of the molecule is CC(CNC(=O)c1cc(N)c(F)cc1F)N1CCCC1. The van der Waals surface area contributed by atoms with Crippen LogP contribution in [0.4, 0.5) is 14.5 Å². The maximum absolute atomic E-state index is 13.5. The molecule has 1 aromatic rings. The third-order valence-electron chi connectivity index (χ3n) is 3.65. The Labute approximate surface area is 116 Å². The maximum atomic E-state index is 13.5. The van der Waals surface area contributed by atoms with E-state index in [9.17, 15) is 13.6 Å². The third kappa shape index (κ3) is 3.25. The number of anilines is 1. The monoisotopic (exact) mass is 283 g/mol. The van der Waals surface area contributed by atoms with E-state index in [1.165, 1.54) is 12.8 Å². The number of carbonyl (C=O) groups excluding carboxylic acids is 1. The summed E-state index contributed by atoms with van der Waals surface area (Å²) >= 11 is 0. The highest BCUT2D eigenvalue weighted by molar-refractivity contribution is 5.95. The predicted molar refractivity (Wildman–Crippen MR) is 73.4 cm³/mol. The van der Waals surface area contributed by atoms with Crippen molar-refractivity contribution in [1.82, 2.24) is 10.2 Å². The fourth-order valence-corrected chi connectivity index (χ4v) is 2.39. The zero-order valence-corrected chi connectivity index (χ0v) is 11.5. The Balaban J connectivity index is 1.96. The van der Waals surface area contributed by atoms with E-state index in [1.807, 2.05) is 6.92 Å². The van der Waals surface area contributed by atoms with E-state index in [0.29, 0.717) is 12.6 Å². The Morgan fingerprint density at radius 1 is 1.35 bits per heavy atom. The summed E-state index contributed by atoms with van der Waals surface area (Å²) in [6.45, 7) is 4.49. The van der Waals surface area contributed by atoms with Gasteiger partial charge in [-0.3, -0.25) is 9.69 Å². The molecule has 3 N–H and O–H groups in total. The van der Waals surface area contributed by atoms with Crippen LogP contribution >= 0.6 is 0 Å². The second-order valence-corrected chi connectivity index (χ2v) is 5.16. The largest absolute Gasteiger partial charge is 0.396 e. The second kappa shape index (κ2) is 6.17. The zero-order valence-electron chi connectivity index (χ0n) is 11.5. The van der Waals surface area contributed by atoms with Crippen LogP contribution in [0.1, 0.15) is 30.1 Å². The number of likely N-dealkylation sites (tertiary alicyclic amines) is 1. The van der Waals surface area contributed by atoms with Crippen molar-refractivity contribution in [3.8, 4) is 0 Å². The van der Waals surface area contributed by atoms with Crippen molar-refractivity contribution in [2.24, 2.45) is 0 Å². The van der Waals surface area contributed by atoms with E-state index in [4.69, 9.17) is 5.73 Å². The van der Waals surface area contributed by atoms with Gasteiger partial charge < -0.3 is 11.1 Å². The highest BCUT2D eigenvalue weighted by atomic mass is 19.1. The molecule has 20 heavy (non-hydrogen) atoms. The summed E-state index contributed by atoms with van der Waals surface area (Å²) in [4.78, 5) is 14.2. The van der Waals surface area contributed by atoms with Gasteiger partial charge in [0.25, 0.3) is 5.91 Å². The van der Waals surface area contributed by atoms with Crippen molar-refractivity contribution in [1.29, 1.82) is 0 Å². The molecule has 0 spiro atoms. The maximum Gasteiger partial charge on any atom is 0.254 e. The van der Waals surface area contributed by atoms with Gasteiger partial charge in [-0.25, -0.2) is 8.78 Å². The van der Waals surface area contributed by atoms with E-state index in [-0.39, 0.29) is 17.3 Å². The van der Waals surface area contributed by atoms with Crippen molar-refractivity contribution < 1.29 is 13.6 Å². The zero-order chi connectivity index (χ0) is 14.7. The van der Waals surface area contributed by atoms with Gasteiger partial charge in [-0.2, -0.15) is 0 Å². The fraction of sp³-hybridized carbons (Fsp3) is 0.500. The first-order valence-electron chi connectivity index (χ1n) is 6.76. The molecule has 1 aromatic carbocycles. The molecule has 0 bridgehead atoms. The number of carbonyl (C=O) groups is 1. The summed E-state index contributed by atoms with van der Waals surface area (Å²) in [5.74, 6) is -2.33. The number of hydrogen-bond acceptors (Lipinski definition) is 3. The molecule has 110 valence electrons. The number of hydrogen-bond donors (Lipinski definition) is 2. The van der Waals surface area contributed by atoms with E-state index in [1.54, 1.807) is 0 Å². The number of amides is 1. The lowest BCUT2D eigenvalue weighted by Gasteiger charge is -2.23. The fourth-order valence-electron chi connectivity index (χ4n) is 2.39. The summed E-state index contributed by atoms with van der Waals surface area (Å²) in [6, 6.07) is 1.86. The van der Waals surface area contributed by atoms with Crippen LogP contribution in [0, 0.1) is 11.6 Å². The van der Waals surface area contributed by atoms with E-state index in [2.05, 4.69) is 10.2 Å². The van der Waals surface area contributed by atoms with E-state index in [0.717, 1.165) is 19.2 Å². The van der Waals surface area contributed by atoms with Gasteiger partial charge in [-0.05, 0) is 38.9 Å². The standard InChI is InChI=1S/C14H19F2N3O/c1-9(19-4-2-3-5-19)8-18-14(20)10-6-13(17)12(16)7-11(10)15/h6-7,9H,2-5,8,17H2,1H3,(H,18,20). The smallest absolute Gasteiger partial charge is 0.254 e. The average Bonchev–Trinajstić information content (AvgIpc) is 2.94. The van der Waals surface area contributed by atoms with Crippen LogP contribution in [-0.2, 0) is 0 Å². The van der Waals surface area contributed by atoms with Crippen LogP contribution in [0.15, 0.2) is 12.1 Å². The van der Waals surface area contributed by atoms with Gasteiger partial charge in [0.1, 0.15) is 11.6 Å². The minimum Gasteiger partial charge on any atom is -0.396 e. The van der Waals surface area contributed by atoms with Crippen molar-refractivity contribution in [3.05, 3.63) is 29.3 Å². The molecule has 0 aliphatic carbocycles. The molecule has 0 radical (unpaired) electrons. The Kier molecular flexibility index (Phi) is 4.54. The molecule has 1 heterocycles. The van der Waals surface area contributed by atoms with Gasteiger partial charge in [0.15, 0.2) is 0 Å². The molecule has 1 atom stereocenters. The quantitative estimate of drug-likeness (QED) is 0.828. The first kappa shape index (κ1) is 14.7. The summed E-state index contributed by atoms with van der Waals surface area (Å²) in [5, 5.41) is 2.66. The molecule has 1 fully saturated rings. The first-order valence-corrected chi connectivity index (χ1v) is 6.76. The first-order chi connectivity index (χ1) is 9.49. The van der Waals surface area contributed by atoms with Crippen LogP contribution in [0.25, 0.3) is 0 Å². The number of rotatable bonds is 4. The second-order valence-electron chi connectivity index (χ2n) is 5.16. The van der Waals surface area contributed by atoms with Crippen LogP contribution in [-0.4, -0.2) is 36.5 Å². The highest BCUT2D eigenvalue weighted by Crippen LogP contribution is 2.17. The molecule has 6 heteroatoms. The van der Waals surface area contributed by atoms with Crippen molar-refractivity contribution in [3.63, 3.8) is 0 Å². The number of nitrogen functional groups attached to an aromatic ring is 1. The molecule has 1 aliphatic heterocycles. The van der Waals surface area contributed by atoms with Gasteiger partial charge in [0.05, 0.1) is 11.3 Å². The molecular weight excluding hydrogens is 264 g/mol. The van der Waals surface area contributed by atoms with Gasteiger partial charge in [0.2, 0.25) is 0 Å². The van der Waals surface area contributed by atoms with Gasteiger partial charge in [-0.15, -0.1) is 0 Å². The number of halogens is 2. The van der Waals surface area contributed by atoms with Crippen LogP contribution in [0.2, 0.25) is 0 Å². The van der Waals surface area contributed by atoms with E-state index < -0.39 is 17.5 Å². The molecular formula is C14H19F2N3O. The molecule has 1 unspecified atom stereocenters. The molecule has 1 aliphatic rings. The van der Waals surface area contributed by atoms with Gasteiger partial charge >= 0.3 is 0 Å². The van der Waals surface area contributed by atoms with Crippen LogP contribution in [0.5, 0.6) is 0 Å². The van der Waals surface area contributed by atoms with Crippen molar-refractivity contribution >= 4 is 11.6 Å². The molecule has 0 aromatic heterocycles. The molecule has 0 saturated carbocycles. The third-order valence-corrected chi connectivity index (χ3v) is 3.65. The molecule has 1 saturated heterocycles. The summed E-state index contributed by atoms with van der Waals surface area (Å²) in [5.41, 5.74) is 4.90. The lowest BCUT2D eigenvalue weighted by molar-refractivity contribution is 0.0936. The Hall–Kier alpha value is -1.69. The lowest BCUT2D eigenvalue weighted by atomic mass is 10.1. The van der Waals surface area contributed by atoms with Crippen molar-refractivity contribution in [2.45, 2.75) is 25.8 Å². The number of benzene rings is 1. The molecule has 1 amide bonds. The molecule has 4 nitrogen and oxygen atoms in total. The number of nitrogens with zero attached hydrogens (tertiary/aromatic N) is 1. The normalized spacial score (nSPS) is 17.1. The number of nitrogens with two attached hydrogens (primary N) is 1. The highest BCUT2D eigenvalue weighted by Gasteiger charge is 2.20. The Morgan fingerprint density at radius 3 is 2.65 bits per heavy atom. The Bertz CT molecular complexity index is 501.